The van der Waals surface area contributed by atoms with Crippen LogP contribution in [0.3, 0.4) is 0 Å². The third-order valence-corrected chi connectivity index (χ3v) is 6.49. The third-order valence-electron chi connectivity index (χ3n) is 6.49. The van der Waals surface area contributed by atoms with Crippen molar-refractivity contribution in [1.82, 2.24) is 10.6 Å². The lowest BCUT2D eigenvalue weighted by Crippen LogP contribution is -2.60. The van der Waals surface area contributed by atoms with E-state index in [1.807, 2.05) is 31.2 Å². The Morgan fingerprint density at radius 1 is 1.00 bits per heavy atom. The average molecular weight is 492 g/mol. The molecule has 3 N–H and O–H groups in total. The van der Waals surface area contributed by atoms with E-state index in [2.05, 4.69) is 22.9 Å². The minimum atomic E-state index is -1.16. The number of carbonyl (C=O) groups is 3. The lowest BCUT2D eigenvalue weighted by Gasteiger charge is -2.35. The summed E-state index contributed by atoms with van der Waals surface area (Å²) in [5.74, 6) is -0.671. The molecule has 7 heteroatoms. The normalized spacial score (nSPS) is 17.4. The van der Waals surface area contributed by atoms with Gasteiger partial charge in [0, 0.05) is 18.7 Å². The first kappa shape index (κ1) is 27.0. The van der Waals surface area contributed by atoms with E-state index >= 15 is 0 Å². The number of rotatable bonds is 11. The van der Waals surface area contributed by atoms with Crippen LogP contribution in [0.25, 0.3) is 5.57 Å². The standard InChI is InChI=1S/C29H37N3O4/c1-5-6-7-8-9-18-30-28(35)29(3)19-24(21-12-10-20(2)11-13-21)25(27(34)32-29)26(33)31-22-14-16-23(36-4)17-15-22/h10-17H,5-9,18-19H2,1-4H3,(H,30,35)(H,31,33)(H,32,34). The van der Waals surface area contributed by atoms with Gasteiger partial charge in [-0.2, -0.15) is 0 Å². The monoisotopic (exact) mass is 491 g/mol. The van der Waals surface area contributed by atoms with Crippen LogP contribution in [0.4, 0.5) is 5.69 Å². The Bertz CT molecular complexity index is 1110. The van der Waals surface area contributed by atoms with Gasteiger partial charge in [0.2, 0.25) is 5.91 Å². The second-order valence-corrected chi connectivity index (χ2v) is 9.54. The fourth-order valence-electron chi connectivity index (χ4n) is 4.31. The number of methoxy groups -OCH3 is 1. The maximum Gasteiger partial charge on any atom is 0.261 e. The molecule has 0 radical (unpaired) electrons. The molecule has 36 heavy (non-hydrogen) atoms. The molecule has 1 atom stereocenters. The molecule has 1 aliphatic rings. The van der Waals surface area contributed by atoms with E-state index in [1.54, 1.807) is 38.3 Å². The van der Waals surface area contributed by atoms with Gasteiger partial charge >= 0.3 is 0 Å². The highest BCUT2D eigenvalue weighted by Gasteiger charge is 2.43. The van der Waals surface area contributed by atoms with Gasteiger partial charge in [0.15, 0.2) is 0 Å². The maximum atomic E-state index is 13.3. The minimum absolute atomic E-state index is 0.0134. The molecular formula is C29H37N3O4. The number of unbranched alkanes of at least 4 members (excludes halogenated alkanes) is 4. The molecule has 2 aromatic rings. The first-order valence-electron chi connectivity index (χ1n) is 12.6. The molecule has 1 unspecified atom stereocenters. The average Bonchev–Trinajstić information content (AvgIpc) is 2.86. The van der Waals surface area contributed by atoms with Crippen molar-refractivity contribution in [3.05, 3.63) is 65.2 Å². The molecule has 3 amide bonds. The molecule has 0 saturated heterocycles. The van der Waals surface area contributed by atoms with E-state index in [0.717, 1.165) is 30.4 Å². The van der Waals surface area contributed by atoms with Crippen LogP contribution >= 0.6 is 0 Å². The number of anilines is 1. The smallest absolute Gasteiger partial charge is 0.261 e. The number of nitrogens with one attached hydrogen (secondary N) is 3. The van der Waals surface area contributed by atoms with Crippen LogP contribution < -0.4 is 20.7 Å². The number of carbonyl (C=O) groups excluding carboxylic acids is 3. The van der Waals surface area contributed by atoms with E-state index in [9.17, 15) is 14.4 Å². The van der Waals surface area contributed by atoms with Crippen LogP contribution in [0, 0.1) is 6.92 Å². The van der Waals surface area contributed by atoms with Gasteiger partial charge in [-0.1, -0.05) is 62.4 Å². The summed E-state index contributed by atoms with van der Waals surface area (Å²) < 4.78 is 5.17. The number of hydrogen-bond donors (Lipinski definition) is 3. The Labute approximate surface area is 213 Å². The van der Waals surface area contributed by atoms with Gasteiger partial charge in [-0.05, 0) is 55.7 Å². The van der Waals surface area contributed by atoms with Gasteiger partial charge in [-0.25, -0.2) is 0 Å². The second-order valence-electron chi connectivity index (χ2n) is 9.54. The highest BCUT2D eigenvalue weighted by molar-refractivity contribution is 6.29. The number of amides is 3. The predicted octanol–water partition coefficient (Wildman–Crippen LogP) is 4.76. The molecule has 2 aromatic carbocycles. The number of aryl methyl sites for hydroxylation is 1. The van der Waals surface area contributed by atoms with Crippen molar-refractivity contribution in [3.63, 3.8) is 0 Å². The molecule has 3 rings (SSSR count). The number of hydrogen-bond acceptors (Lipinski definition) is 4. The van der Waals surface area contributed by atoms with Gasteiger partial charge in [-0.15, -0.1) is 0 Å². The molecule has 0 aliphatic carbocycles. The van der Waals surface area contributed by atoms with Crippen molar-refractivity contribution in [2.75, 3.05) is 19.0 Å². The molecule has 0 aromatic heterocycles. The van der Waals surface area contributed by atoms with Gasteiger partial charge in [0.1, 0.15) is 16.9 Å². The van der Waals surface area contributed by atoms with Crippen LogP contribution in [0.5, 0.6) is 5.75 Å². The Morgan fingerprint density at radius 2 is 1.67 bits per heavy atom. The summed E-state index contributed by atoms with van der Waals surface area (Å²) in [7, 11) is 1.57. The largest absolute Gasteiger partial charge is 0.497 e. The topological polar surface area (TPSA) is 96.5 Å². The van der Waals surface area contributed by atoms with E-state index in [4.69, 9.17) is 4.74 Å². The minimum Gasteiger partial charge on any atom is -0.497 e. The third kappa shape index (κ3) is 6.74. The lowest BCUT2D eigenvalue weighted by molar-refractivity contribution is -0.132. The summed E-state index contributed by atoms with van der Waals surface area (Å²) in [6.07, 6.45) is 5.66. The Morgan fingerprint density at radius 3 is 2.31 bits per heavy atom. The second kappa shape index (κ2) is 12.4. The van der Waals surface area contributed by atoms with Crippen molar-refractivity contribution in [2.24, 2.45) is 0 Å². The lowest BCUT2D eigenvalue weighted by atomic mass is 9.81. The molecule has 0 saturated carbocycles. The molecule has 1 aliphatic heterocycles. The first-order valence-corrected chi connectivity index (χ1v) is 12.6. The van der Waals surface area contributed by atoms with Gasteiger partial charge in [0.05, 0.1) is 7.11 Å². The zero-order valence-electron chi connectivity index (χ0n) is 21.7. The van der Waals surface area contributed by atoms with Crippen molar-refractivity contribution >= 4 is 29.0 Å². The van der Waals surface area contributed by atoms with Crippen LogP contribution in [-0.4, -0.2) is 36.9 Å². The van der Waals surface area contributed by atoms with Crippen LogP contribution in [0.2, 0.25) is 0 Å². The van der Waals surface area contributed by atoms with Crippen LogP contribution in [0.1, 0.15) is 63.5 Å². The number of ether oxygens (including phenoxy) is 1. The van der Waals surface area contributed by atoms with Gasteiger partial charge in [0.25, 0.3) is 11.8 Å². The predicted molar refractivity (Wildman–Crippen MR) is 143 cm³/mol. The molecule has 0 fully saturated rings. The molecule has 1 heterocycles. The molecular weight excluding hydrogens is 454 g/mol. The van der Waals surface area contributed by atoms with Crippen molar-refractivity contribution in [2.45, 2.75) is 64.8 Å². The van der Waals surface area contributed by atoms with E-state index in [1.165, 1.54) is 12.8 Å². The Balaban J connectivity index is 1.84. The van der Waals surface area contributed by atoms with E-state index < -0.39 is 17.4 Å². The SMILES string of the molecule is CCCCCCCNC(=O)C1(C)CC(c2ccc(C)cc2)=C(C(=O)Nc2ccc(OC)cc2)C(=O)N1. The summed E-state index contributed by atoms with van der Waals surface area (Å²) >= 11 is 0. The van der Waals surface area contributed by atoms with E-state index in [-0.39, 0.29) is 17.9 Å². The molecule has 0 bridgehead atoms. The van der Waals surface area contributed by atoms with Gasteiger partial charge in [-0.3, -0.25) is 14.4 Å². The summed E-state index contributed by atoms with van der Waals surface area (Å²) in [6.45, 7) is 6.41. The maximum absolute atomic E-state index is 13.3. The zero-order chi connectivity index (χ0) is 26.1. The summed E-state index contributed by atoms with van der Waals surface area (Å²) in [5.41, 5.74) is 1.75. The van der Waals surface area contributed by atoms with Crippen LogP contribution in [0.15, 0.2) is 54.1 Å². The molecule has 7 nitrogen and oxygen atoms in total. The summed E-state index contributed by atoms with van der Waals surface area (Å²) in [6, 6.07) is 14.5. The van der Waals surface area contributed by atoms with Crippen molar-refractivity contribution in [3.8, 4) is 5.75 Å². The fraction of sp³-hybridized carbons (Fsp3) is 0.414. The van der Waals surface area contributed by atoms with Crippen molar-refractivity contribution in [1.29, 1.82) is 0 Å². The quantitative estimate of drug-likeness (QED) is 0.312. The molecule has 0 spiro atoms. The summed E-state index contributed by atoms with van der Waals surface area (Å²) in [4.78, 5) is 39.8. The van der Waals surface area contributed by atoms with Gasteiger partial charge < -0.3 is 20.7 Å². The van der Waals surface area contributed by atoms with E-state index in [0.29, 0.717) is 23.6 Å². The fourth-order valence-corrected chi connectivity index (χ4v) is 4.31. The molecule has 192 valence electrons. The Hall–Kier alpha value is -3.61. The summed E-state index contributed by atoms with van der Waals surface area (Å²) in [5, 5.41) is 8.59. The van der Waals surface area contributed by atoms with Crippen LogP contribution in [-0.2, 0) is 14.4 Å². The van der Waals surface area contributed by atoms with Crippen molar-refractivity contribution < 1.29 is 19.1 Å². The first-order chi connectivity index (χ1) is 17.3. The zero-order valence-corrected chi connectivity index (χ0v) is 21.7. The number of benzene rings is 2. The Kier molecular flexibility index (Phi) is 9.28. The highest BCUT2D eigenvalue weighted by Crippen LogP contribution is 2.34. The highest BCUT2D eigenvalue weighted by atomic mass is 16.5.